The van der Waals surface area contributed by atoms with E-state index in [0.29, 0.717) is 23.6 Å². The van der Waals surface area contributed by atoms with Crippen molar-refractivity contribution in [2.24, 2.45) is 0 Å². The number of hydrogen-bond donors (Lipinski definition) is 1. The highest BCUT2D eigenvalue weighted by Crippen LogP contribution is 2.44. The topological polar surface area (TPSA) is 70.1 Å². The SMILES string of the molecule is CCOc1ccc(Cl)c(/C(O)=C2\C(=O)C(=O)N(c3cc(C)cc(C)c3)C2c2ccc(N(CC)CC)cc2)c1. The molecule has 1 aliphatic heterocycles. The molecule has 1 saturated heterocycles. The number of aliphatic hydroxyl groups is 1. The Bertz CT molecular complexity index is 1370. The first-order valence-electron chi connectivity index (χ1n) is 12.9. The van der Waals surface area contributed by atoms with E-state index >= 15 is 0 Å². The lowest BCUT2D eigenvalue weighted by Gasteiger charge is -2.27. The zero-order valence-electron chi connectivity index (χ0n) is 22.4. The van der Waals surface area contributed by atoms with Gasteiger partial charge in [-0.15, -0.1) is 0 Å². The van der Waals surface area contributed by atoms with Crippen LogP contribution in [-0.4, -0.2) is 36.5 Å². The number of carbonyl (C=O) groups is 2. The Balaban J connectivity index is 1.94. The molecule has 198 valence electrons. The van der Waals surface area contributed by atoms with Crippen LogP contribution in [0.5, 0.6) is 5.75 Å². The number of Topliss-reactive ketones (excluding diaryl/α,β-unsaturated/α-hetero) is 1. The summed E-state index contributed by atoms with van der Waals surface area (Å²) in [6, 6.07) is 17.6. The Morgan fingerprint density at radius 2 is 1.58 bits per heavy atom. The third-order valence-electron chi connectivity index (χ3n) is 6.77. The molecule has 1 N–H and O–H groups in total. The van der Waals surface area contributed by atoms with Crippen molar-refractivity contribution in [2.75, 3.05) is 29.5 Å². The number of ether oxygens (including phenoxy) is 1. The number of benzene rings is 3. The molecule has 0 aliphatic carbocycles. The van der Waals surface area contributed by atoms with Crippen LogP contribution in [0.1, 0.15) is 49.1 Å². The van der Waals surface area contributed by atoms with Gasteiger partial charge in [0.2, 0.25) is 0 Å². The molecular formula is C31H33ClN2O4. The van der Waals surface area contributed by atoms with E-state index in [-0.39, 0.29) is 21.9 Å². The molecule has 3 aromatic rings. The van der Waals surface area contributed by atoms with Crippen LogP contribution in [0.3, 0.4) is 0 Å². The summed E-state index contributed by atoms with van der Waals surface area (Å²) in [5, 5.41) is 11.8. The van der Waals surface area contributed by atoms with Gasteiger partial charge in [-0.1, -0.05) is 29.8 Å². The van der Waals surface area contributed by atoms with Gasteiger partial charge in [-0.2, -0.15) is 0 Å². The molecule has 1 fully saturated rings. The average molecular weight is 533 g/mol. The quantitative estimate of drug-likeness (QED) is 0.196. The normalized spacial score (nSPS) is 16.7. The van der Waals surface area contributed by atoms with Gasteiger partial charge in [-0.3, -0.25) is 14.5 Å². The lowest BCUT2D eigenvalue weighted by Crippen LogP contribution is -2.29. The first kappa shape index (κ1) is 27.3. The van der Waals surface area contributed by atoms with Crippen molar-refractivity contribution in [3.8, 4) is 5.75 Å². The van der Waals surface area contributed by atoms with E-state index in [4.69, 9.17) is 16.3 Å². The minimum absolute atomic E-state index is 0.0136. The highest BCUT2D eigenvalue weighted by atomic mass is 35.5. The second-order valence-corrected chi connectivity index (χ2v) is 9.76. The maximum atomic E-state index is 13.6. The van der Waals surface area contributed by atoms with Gasteiger partial charge in [0.25, 0.3) is 11.7 Å². The lowest BCUT2D eigenvalue weighted by molar-refractivity contribution is -0.132. The minimum Gasteiger partial charge on any atom is -0.507 e. The summed E-state index contributed by atoms with van der Waals surface area (Å²) < 4.78 is 5.59. The van der Waals surface area contributed by atoms with Crippen molar-refractivity contribution < 1.29 is 19.4 Å². The number of aliphatic hydroxyl groups excluding tert-OH is 1. The molecule has 38 heavy (non-hydrogen) atoms. The van der Waals surface area contributed by atoms with E-state index in [1.807, 2.05) is 63.2 Å². The van der Waals surface area contributed by atoms with Crippen molar-refractivity contribution in [3.63, 3.8) is 0 Å². The third-order valence-corrected chi connectivity index (χ3v) is 7.10. The van der Waals surface area contributed by atoms with E-state index in [9.17, 15) is 14.7 Å². The number of amides is 1. The number of aryl methyl sites for hydroxylation is 2. The summed E-state index contributed by atoms with van der Waals surface area (Å²) in [4.78, 5) is 30.8. The number of ketones is 1. The highest BCUT2D eigenvalue weighted by Gasteiger charge is 2.47. The van der Waals surface area contributed by atoms with Gasteiger partial charge in [0.05, 0.1) is 23.2 Å². The van der Waals surface area contributed by atoms with Gasteiger partial charge in [-0.05, 0) is 93.8 Å². The van der Waals surface area contributed by atoms with E-state index in [1.54, 1.807) is 18.2 Å². The van der Waals surface area contributed by atoms with Crippen molar-refractivity contribution in [2.45, 2.75) is 40.7 Å². The molecular weight excluding hydrogens is 500 g/mol. The van der Waals surface area contributed by atoms with E-state index in [0.717, 1.165) is 29.9 Å². The molecule has 1 amide bonds. The summed E-state index contributed by atoms with van der Waals surface area (Å²) in [7, 11) is 0. The summed E-state index contributed by atoms with van der Waals surface area (Å²) in [5.74, 6) is -1.30. The summed E-state index contributed by atoms with van der Waals surface area (Å²) in [6.07, 6.45) is 0. The zero-order chi connectivity index (χ0) is 27.6. The Morgan fingerprint density at radius 1 is 0.947 bits per heavy atom. The Morgan fingerprint density at radius 3 is 2.16 bits per heavy atom. The standard InChI is InChI=1S/C31H33ClN2O4/c1-6-33(7-2)22-11-9-21(10-12-22)28-27(29(35)25-18-24(38-8-3)13-14-26(25)32)30(36)31(37)34(28)23-16-19(4)15-20(5)17-23/h9-18,28,35H,6-8H2,1-5H3/b29-27+. The van der Waals surface area contributed by atoms with E-state index in [1.165, 1.54) is 4.90 Å². The number of rotatable bonds is 8. The molecule has 7 heteroatoms. The fraction of sp³-hybridized carbons (Fsp3) is 0.290. The van der Waals surface area contributed by atoms with E-state index < -0.39 is 17.7 Å². The molecule has 1 heterocycles. The van der Waals surface area contributed by atoms with Crippen LogP contribution >= 0.6 is 11.6 Å². The van der Waals surface area contributed by atoms with Crippen LogP contribution in [0.25, 0.3) is 5.76 Å². The maximum Gasteiger partial charge on any atom is 0.300 e. The lowest BCUT2D eigenvalue weighted by atomic mass is 9.94. The zero-order valence-corrected chi connectivity index (χ0v) is 23.2. The predicted octanol–water partition coefficient (Wildman–Crippen LogP) is 6.83. The maximum absolute atomic E-state index is 13.6. The van der Waals surface area contributed by atoms with Gasteiger partial charge >= 0.3 is 0 Å². The van der Waals surface area contributed by atoms with Crippen LogP contribution in [0.2, 0.25) is 5.02 Å². The van der Waals surface area contributed by atoms with E-state index in [2.05, 4.69) is 18.7 Å². The molecule has 0 radical (unpaired) electrons. The number of carbonyl (C=O) groups excluding carboxylic acids is 2. The predicted molar refractivity (Wildman–Crippen MR) is 153 cm³/mol. The van der Waals surface area contributed by atoms with Crippen LogP contribution in [0.15, 0.2) is 66.2 Å². The van der Waals surface area contributed by atoms with Gasteiger partial charge in [-0.25, -0.2) is 0 Å². The molecule has 0 saturated carbocycles. The molecule has 6 nitrogen and oxygen atoms in total. The van der Waals surface area contributed by atoms with Gasteiger partial charge in [0, 0.05) is 30.0 Å². The fourth-order valence-electron chi connectivity index (χ4n) is 5.05. The minimum atomic E-state index is -0.839. The molecule has 0 aromatic heterocycles. The van der Waals surface area contributed by atoms with Gasteiger partial charge in [0.15, 0.2) is 0 Å². The summed E-state index contributed by atoms with van der Waals surface area (Å²) >= 11 is 6.46. The summed E-state index contributed by atoms with van der Waals surface area (Å²) in [6.45, 7) is 12.1. The number of halogens is 1. The van der Waals surface area contributed by atoms with Crippen LogP contribution in [0, 0.1) is 13.8 Å². The molecule has 0 spiro atoms. The number of anilines is 2. The summed E-state index contributed by atoms with van der Waals surface area (Å²) in [5.41, 5.74) is 4.49. The third kappa shape index (κ3) is 5.14. The van der Waals surface area contributed by atoms with Crippen molar-refractivity contribution in [3.05, 3.63) is 93.5 Å². The second-order valence-electron chi connectivity index (χ2n) is 9.35. The molecule has 3 aromatic carbocycles. The first-order chi connectivity index (χ1) is 18.2. The molecule has 1 unspecified atom stereocenters. The van der Waals surface area contributed by atoms with Crippen LogP contribution < -0.4 is 14.5 Å². The average Bonchev–Trinajstić information content (AvgIpc) is 3.16. The molecule has 0 bridgehead atoms. The Hall–Kier alpha value is -3.77. The Labute approximate surface area is 229 Å². The molecule has 1 aliphatic rings. The van der Waals surface area contributed by atoms with Crippen molar-refractivity contribution in [1.29, 1.82) is 0 Å². The smallest absolute Gasteiger partial charge is 0.300 e. The fourth-order valence-corrected chi connectivity index (χ4v) is 5.25. The van der Waals surface area contributed by atoms with Crippen molar-refractivity contribution >= 4 is 40.4 Å². The van der Waals surface area contributed by atoms with Crippen LogP contribution in [0.4, 0.5) is 11.4 Å². The van der Waals surface area contributed by atoms with Crippen molar-refractivity contribution in [1.82, 2.24) is 0 Å². The van der Waals surface area contributed by atoms with Gasteiger partial charge < -0.3 is 14.7 Å². The highest BCUT2D eigenvalue weighted by molar-refractivity contribution is 6.52. The first-order valence-corrected chi connectivity index (χ1v) is 13.2. The molecule has 4 rings (SSSR count). The monoisotopic (exact) mass is 532 g/mol. The van der Waals surface area contributed by atoms with Crippen LogP contribution in [-0.2, 0) is 9.59 Å². The Kier molecular flexibility index (Phi) is 8.12. The number of nitrogens with zero attached hydrogens (tertiary/aromatic N) is 2. The number of hydrogen-bond acceptors (Lipinski definition) is 5. The second kappa shape index (κ2) is 11.3. The van der Waals surface area contributed by atoms with Gasteiger partial charge in [0.1, 0.15) is 11.5 Å². The largest absolute Gasteiger partial charge is 0.507 e. The molecule has 1 atom stereocenters.